The lowest BCUT2D eigenvalue weighted by molar-refractivity contribution is -0.137. The molecule has 38 heavy (non-hydrogen) atoms. The van der Waals surface area contributed by atoms with Crippen LogP contribution in [-0.4, -0.2) is 43.9 Å². The number of hydrogen-bond acceptors (Lipinski definition) is 6. The fourth-order valence-corrected chi connectivity index (χ4v) is 6.18. The summed E-state index contributed by atoms with van der Waals surface area (Å²) in [7, 11) is 1.88. The largest absolute Gasteiger partial charge is 0.590 e. The Labute approximate surface area is 226 Å². The number of imidazole rings is 1. The van der Waals surface area contributed by atoms with E-state index in [1.807, 2.05) is 29.2 Å². The summed E-state index contributed by atoms with van der Waals surface area (Å²) in [4.78, 5) is 12.1. The van der Waals surface area contributed by atoms with Gasteiger partial charge >= 0.3 is 18.0 Å². The molecule has 0 aliphatic carbocycles. The summed E-state index contributed by atoms with van der Waals surface area (Å²) in [5.74, 6) is 1.20. The van der Waals surface area contributed by atoms with Crippen molar-refractivity contribution in [1.29, 1.82) is 0 Å². The van der Waals surface area contributed by atoms with Crippen LogP contribution in [0.3, 0.4) is 0 Å². The van der Waals surface area contributed by atoms with Crippen LogP contribution in [0.25, 0.3) is 16.9 Å². The number of anilines is 2. The maximum absolute atomic E-state index is 13.0. The number of fused-ring (bicyclic) bond motifs is 1. The Balaban J connectivity index is 1.51. The summed E-state index contributed by atoms with van der Waals surface area (Å²) in [6, 6.07) is 8.94. The van der Waals surface area contributed by atoms with Crippen molar-refractivity contribution in [2.45, 2.75) is 44.9 Å². The second-order valence-electron chi connectivity index (χ2n) is 9.26. The van der Waals surface area contributed by atoms with Gasteiger partial charge in [0.15, 0.2) is 5.13 Å². The van der Waals surface area contributed by atoms with E-state index in [0.29, 0.717) is 45.5 Å². The molecule has 0 bridgehead atoms. The zero-order valence-electron chi connectivity index (χ0n) is 20.9. The number of halogens is 3. The Morgan fingerprint density at radius 2 is 1.84 bits per heavy atom. The van der Waals surface area contributed by atoms with Crippen LogP contribution < -0.4 is 4.90 Å². The molecule has 1 fully saturated rings. The highest BCUT2D eigenvalue weighted by atomic mass is 32.2. The Morgan fingerprint density at radius 3 is 2.45 bits per heavy atom. The average molecular weight is 563 g/mol. The van der Waals surface area contributed by atoms with Gasteiger partial charge in [-0.25, -0.2) is 9.97 Å². The topological polar surface area (TPSA) is 74.0 Å². The number of alkyl halides is 3. The molecule has 0 unspecified atom stereocenters. The van der Waals surface area contributed by atoms with Gasteiger partial charge in [-0.05, 0) is 53.2 Å². The molecule has 200 valence electrons. The van der Waals surface area contributed by atoms with Gasteiger partial charge in [0.1, 0.15) is 11.5 Å². The fourth-order valence-electron chi connectivity index (χ4n) is 4.92. The van der Waals surface area contributed by atoms with Crippen LogP contribution in [0.2, 0.25) is 0 Å². The second kappa shape index (κ2) is 10.7. The average Bonchev–Trinajstić information content (AvgIpc) is 3.53. The summed E-state index contributed by atoms with van der Waals surface area (Å²) in [6.45, 7) is 3.26. The summed E-state index contributed by atoms with van der Waals surface area (Å²) < 4.78 is 54.1. The van der Waals surface area contributed by atoms with Crippen LogP contribution in [0.5, 0.6) is 0 Å². The monoisotopic (exact) mass is 562 g/mol. The van der Waals surface area contributed by atoms with Gasteiger partial charge in [0.05, 0.1) is 45.7 Å². The first-order chi connectivity index (χ1) is 18.2. The number of aromatic nitrogens is 3. The third-order valence-corrected chi connectivity index (χ3v) is 8.66. The van der Waals surface area contributed by atoms with Gasteiger partial charge in [-0.3, -0.25) is 4.40 Å². The smallest absolute Gasteiger partial charge is 0.391 e. The predicted octanol–water partition coefficient (Wildman–Crippen LogP) is 5.82. The molecule has 4 aromatic rings. The van der Waals surface area contributed by atoms with Crippen molar-refractivity contribution in [2.24, 2.45) is 0 Å². The minimum absolute atomic E-state index is 0.278. The molecule has 0 radical (unpaired) electrons. The zero-order chi connectivity index (χ0) is 27.0. The van der Waals surface area contributed by atoms with E-state index in [9.17, 15) is 22.5 Å². The summed E-state index contributed by atoms with van der Waals surface area (Å²) >= 11 is 1.85. The quantitative estimate of drug-likeness (QED) is 0.227. The maximum atomic E-state index is 13.0. The number of aliphatic hydroxyl groups excluding tert-OH is 1. The number of rotatable bonds is 7. The van der Waals surface area contributed by atoms with Crippen LogP contribution in [0.4, 0.5) is 24.1 Å². The summed E-state index contributed by atoms with van der Waals surface area (Å²) in [5.41, 5.74) is 3.12. The van der Waals surface area contributed by atoms with Crippen molar-refractivity contribution >= 4 is 39.8 Å². The van der Waals surface area contributed by atoms with Crippen molar-refractivity contribution in [3.63, 3.8) is 0 Å². The molecule has 0 atom stereocenters. The van der Waals surface area contributed by atoms with Gasteiger partial charge in [-0.1, -0.05) is 36.5 Å². The fraction of sp³-hybridized carbons (Fsp3) is 0.385. The van der Waals surface area contributed by atoms with Crippen molar-refractivity contribution in [2.75, 3.05) is 25.0 Å². The normalized spacial score (nSPS) is 15.3. The Hall–Kier alpha value is -2.93. The maximum Gasteiger partial charge on any atom is 0.590 e. The first-order valence-corrected chi connectivity index (χ1v) is 13.8. The molecule has 1 saturated heterocycles. The number of aliphatic hydroxyl groups is 1. The molecule has 12 heteroatoms. The van der Waals surface area contributed by atoms with Crippen molar-refractivity contribution in [1.82, 2.24) is 18.7 Å². The van der Waals surface area contributed by atoms with Crippen LogP contribution in [0, 0.1) is 0 Å². The lowest BCUT2D eigenvalue weighted by atomic mass is 9.91. The third kappa shape index (κ3) is 5.05. The number of piperidine rings is 1. The molecule has 0 spiro atoms. The third-order valence-electron chi connectivity index (χ3n) is 6.97. The SMILES string of the molecule is CCc1nc2ccc(C3CCN([S+]=O)CC3)cn2c1N(C)c1nc(-c2ccc(C(F)(F)F)cc2)c(CO)s1. The van der Waals surface area contributed by atoms with E-state index in [0.717, 1.165) is 55.2 Å². The molecule has 1 N–H and O–H groups in total. The van der Waals surface area contributed by atoms with Gasteiger partial charge in [-0.15, -0.1) is 0 Å². The van der Waals surface area contributed by atoms with E-state index in [1.54, 1.807) is 0 Å². The number of hydrogen-bond donors (Lipinski definition) is 1. The molecule has 1 aliphatic rings. The highest BCUT2D eigenvalue weighted by molar-refractivity contribution is 7.62. The van der Waals surface area contributed by atoms with E-state index in [4.69, 9.17) is 9.97 Å². The Kier molecular flexibility index (Phi) is 7.49. The minimum Gasteiger partial charge on any atom is -0.391 e. The highest BCUT2D eigenvalue weighted by Crippen LogP contribution is 2.39. The lowest BCUT2D eigenvalue weighted by Gasteiger charge is -2.23. The first-order valence-electron chi connectivity index (χ1n) is 12.3. The molecule has 4 heterocycles. The van der Waals surface area contributed by atoms with Gasteiger partial charge in [0.25, 0.3) is 0 Å². The zero-order valence-corrected chi connectivity index (χ0v) is 22.5. The van der Waals surface area contributed by atoms with E-state index in [-0.39, 0.29) is 6.61 Å². The number of nitrogens with zero attached hydrogens (tertiary/aromatic N) is 5. The summed E-state index contributed by atoms with van der Waals surface area (Å²) in [6.07, 6.45) is 0.194. The van der Waals surface area contributed by atoms with Crippen LogP contribution >= 0.6 is 11.3 Å². The van der Waals surface area contributed by atoms with Gasteiger partial charge < -0.3 is 10.0 Å². The predicted molar refractivity (Wildman–Crippen MR) is 143 cm³/mol. The van der Waals surface area contributed by atoms with Crippen molar-refractivity contribution in [3.8, 4) is 11.3 Å². The van der Waals surface area contributed by atoms with Crippen LogP contribution in [0.1, 0.15) is 47.4 Å². The molecule has 1 aliphatic heterocycles. The first kappa shape index (κ1) is 26.7. The molecule has 5 rings (SSSR count). The van der Waals surface area contributed by atoms with Gasteiger partial charge in [-0.2, -0.15) is 13.2 Å². The lowest BCUT2D eigenvalue weighted by Crippen LogP contribution is -2.29. The van der Waals surface area contributed by atoms with Crippen LogP contribution in [-0.2, 0) is 35.3 Å². The number of benzene rings is 1. The van der Waals surface area contributed by atoms with Gasteiger partial charge in [0.2, 0.25) is 0 Å². The van der Waals surface area contributed by atoms with E-state index in [1.165, 1.54) is 29.0 Å². The Morgan fingerprint density at radius 1 is 1.13 bits per heavy atom. The molecule has 0 amide bonds. The standard InChI is InChI=1S/C26H27F3N5O2S2/c1-3-20-24(34-14-18(6-9-22(34)30-20)16-10-12-33(38-36)13-11-16)32(2)25-31-23(21(15-35)37-25)17-4-7-19(8-5-17)26(27,28)29/h4-9,14,16,35H,3,10-13,15H2,1-2H3/q+1. The molecule has 7 nitrogen and oxygen atoms in total. The minimum atomic E-state index is -4.42. The van der Waals surface area contributed by atoms with Crippen molar-refractivity contribution < 1.29 is 22.5 Å². The molecule has 0 saturated carbocycles. The molecular formula is C26H27F3N5O2S2+. The van der Waals surface area contributed by atoms with Crippen molar-refractivity contribution in [3.05, 3.63) is 64.3 Å². The number of aryl methyl sites for hydroxylation is 1. The number of thiazole rings is 1. The highest BCUT2D eigenvalue weighted by Gasteiger charge is 2.31. The number of pyridine rings is 1. The van der Waals surface area contributed by atoms with E-state index in [2.05, 4.69) is 16.7 Å². The van der Waals surface area contributed by atoms with E-state index >= 15 is 0 Å². The van der Waals surface area contributed by atoms with Gasteiger partial charge in [0, 0.05) is 18.8 Å². The molecule has 3 aromatic heterocycles. The molecule has 1 aromatic carbocycles. The Bertz CT molecular complexity index is 1440. The van der Waals surface area contributed by atoms with E-state index < -0.39 is 11.7 Å². The molecular weight excluding hydrogens is 535 g/mol. The van der Waals surface area contributed by atoms with Crippen LogP contribution in [0.15, 0.2) is 42.6 Å². The second-order valence-corrected chi connectivity index (χ2v) is 11.0. The summed E-state index contributed by atoms with van der Waals surface area (Å²) in [5, 5.41) is 10.6.